The zero-order chi connectivity index (χ0) is 23.3. The fraction of sp³-hybridized carbons (Fsp3) is 0.0690. The molecule has 166 valence electrons. The van der Waals surface area contributed by atoms with Crippen LogP contribution in [0.25, 0.3) is 11.4 Å². The van der Waals surface area contributed by atoms with Gasteiger partial charge >= 0.3 is 0 Å². The lowest BCUT2D eigenvalue weighted by Crippen LogP contribution is -2.14. The molecule has 3 aromatic heterocycles. The molecule has 0 saturated heterocycles. The van der Waals surface area contributed by atoms with E-state index in [-0.39, 0.29) is 11.7 Å². The van der Waals surface area contributed by atoms with Gasteiger partial charge in [-0.1, -0.05) is 72.8 Å². The highest BCUT2D eigenvalue weighted by Gasteiger charge is 2.26. The maximum atomic E-state index is 12.8. The van der Waals surface area contributed by atoms with Gasteiger partial charge < -0.3 is 10.1 Å². The van der Waals surface area contributed by atoms with Crippen LogP contribution in [0.15, 0.2) is 115 Å². The number of carbonyl (C=O) groups excluding carboxylic acids is 1. The molecule has 2 aromatic carbocycles. The molecule has 5 aromatic rings. The number of hydrogen-bond donors (Lipinski definition) is 2. The minimum absolute atomic E-state index is 0.176. The molecule has 2 N–H and O–H groups in total. The van der Waals surface area contributed by atoms with E-state index in [1.54, 1.807) is 30.5 Å². The number of hydrogen-bond acceptors (Lipinski definition) is 4. The maximum absolute atomic E-state index is 12.8. The number of ketones is 1. The van der Waals surface area contributed by atoms with E-state index in [9.17, 15) is 9.90 Å². The van der Waals surface area contributed by atoms with Gasteiger partial charge in [0.15, 0.2) is 0 Å². The summed E-state index contributed by atoms with van der Waals surface area (Å²) in [6.45, 7) is 0. The summed E-state index contributed by atoms with van der Waals surface area (Å²) in [5.41, 5.74) is 4.79. The van der Waals surface area contributed by atoms with E-state index < -0.39 is 6.10 Å². The number of benzene rings is 2. The monoisotopic (exact) mass is 445 g/mol. The Morgan fingerprint density at radius 2 is 1.44 bits per heavy atom. The molecule has 0 aliphatic rings. The topological polar surface area (TPSA) is 78.9 Å². The van der Waals surface area contributed by atoms with Crippen molar-refractivity contribution in [2.75, 3.05) is 0 Å². The van der Waals surface area contributed by atoms with Crippen molar-refractivity contribution >= 4 is 5.78 Å². The van der Waals surface area contributed by atoms with Crippen molar-refractivity contribution in [2.45, 2.75) is 12.0 Å². The predicted octanol–water partition coefficient (Wildman–Crippen LogP) is 5.57. The normalized spacial score (nSPS) is 12.7. The van der Waals surface area contributed by atoms with Crippen molar-refractivity contribution in [1.29, 1.82) is 0 Å². The largest absolute Gasteiger partial charge is 0.387 e. The Kier molecular flexibility index (Phi) is 6.10. The Bertz CT molecular complexity index is 1380. The smallest absolute Gasteiger partial charge is 0.227 e. The fourth-order valence-electron chi connectivity index (χ4n) is 4.10. The molecular weight excluding hydrogens is 422 g/mol. The third kappa shape index (κ3) is 4.42. The van der Waals surface area contributed by atoms with Crippen LogP contribution in [0.4, 0.5) is 0 Å². The van der Waals surface area contributed by atoms with E-state index in [1.807, 2.05) is 84.9 Å². The van der Waals surface area contributed by atoms with E-state index in [2.05, 4.69) is 9.97 Å². The van der Waals surface area contributed by atoms with Crippen LogP contribution in [-0.2, 0) is 0 Å². The van der Waals surface area contributed by atoms with Gasteiger partial charge in [0.05, 0.1) is 34.8 Å². The Hall–Kier alpha value is -4.35. The van der Waals surface area contributed by atoms with Gasteiger partial charge in [0.25, 0.3) is 0 Å². The molecule has 5 nitrogen and oxygen atoms in total. The summed E-state index contributed by atoms with van der Waals surface area (Å²) in [4.78, 5) is 25.0. The van der Waals surface area contributed by atoms with Crippen LogP contribution in [-0.4, -0.2) is 25.8 Å². The van der Waals surface area contributed by atoms with Crippen LogP contribution in [0.2, 0.25) is 0 Å². The Balaban J connectivity index is 1.51. The van der Waals surface area contributed by atoms with E-state index >= 15 is 0 Å². The molecule has 0 saturated carbocycles. The minimum Gasteiger partial charge on any atom is -0.387 e. The molecule has 5 rings (SSSR count). The number of aromatic amines is 1. The molecule has 34 heavy (non-hydrogen) atoms. The van der Waals surface area contributed by atoms with Gasteiger partial charge in [0.2, 0.25) is 5.78 Å². The molecule has 0 aliphatic heterocycles. The lowest BCUT2D eigenvalue weighted by Gasteiger charge is -2.24. The number of nitrogens with zero attached hydrogens (tertiary/aromatic N) is 2. The molecule has 0 bridgehead atoms. The molecule has 0 aliphatic carbocycles. The van der Waals surface area contributed by atoms with Crippen molar-refractivity contribution in [3.8, 4) is 11.4 Å². The van der Waals surface area contributed by atoms with Crippen LogP contribution >= 0.6 is 0 Å². The molecule has 0 spiro atoms. The highest BCUT2D eigenvalue weighted by Crippen LogP contribution is 2.36. The predicted molar refractivity (Wildman–Crippen MR) is 131 cm³/mol. The molecule has 0 fully saturated rings. The van der Waals surface area contributed by atoms with Crippen LogP contribution < -0.4 is 0 Å². The number of carbonyl (C=O) groups is 1. The van der Waals surface area contributed by atoms with Gasteiger partial charge in [0, 0.05) is 6.20 Å². The number of aliphatic hydroxyl groups excluding tert-OH is 1. The fourth-order valence-corrected chi connectivity index (χ4v) is 4.10. The SMILES string of the molecule is O=C(c1ccccn1)c1ccc(-c2cccc(C(c3ccccc3)C(O)c3ccccc3)n2)[nH]1. The number of nitrogens with one attached hydrogen (secondary N) is 1. The average molecular weight is 446 g/mol. The first kappa shape index (κ1) is 21.5. The average Bonchev–Trinajstić information content (AvgIpc) is 3.41. The highest BCUT2D eigenvalue weighted by atomic mass is 16.3. The van der Waals surface area contributed by atoms with Gasteiger partial charge in [-0.2, -0.15) is 0 Å². The van der Waals surface area contributed by atoms with E-state index in [4.69, 9.17) is 4.98 Å². The van der Waals surface area contributed by atoms with Crippen LogP contribution in [0.5, 0.6) is 0 Å². The molecule has 0 radical (unpaired) electrons. The van der Waals surface area contributed by atoms with Gasteiger partial charge in [-0.05, 0) is 47.5 Å². The summed E-state index contributed by atoms with van der Waals surface area (Å²) in [7, 11) is 0. The number of aromatic nitrogens is 3. The minimum atomic E-state index is -0.767. The third-order valence-electron chi connectivity index (χ3n) is 5.81. The van der Waals surface area contributed by atoms with Gasteiger partial charge in [0.1, 0.15) is 5.69 Å². The van der Waals surface area contributed by atoms with Crippen molar-refractivity contribution in [3.63, 3.8) is 0 Å². The second-order valence-electron chi connectivity index (χ2n) is 8.02. The van der Waals surface area contributed by atoms with Crippen LogP contribution in [0.3, 0.4) is 0 Å². The molecule has 3 heterocycles. The van der Waals surface area contributed by atoms with Gasteiger partial charge in [-0.25, -0.2) is 0 Å². The Morgan fingerprint density at radius 1 is 0.735 bits per heavy atom. The first-order valence-electron chi connectivity index (χ1n) is 11.1. The standard InChI is InChI=1S/C29H23N3O2/c33-28(21-12-5-2-6-13-21)27(20-10-3-1-4-11-20)24-16-9-15-22(31-24)23-17-18-26(32-23)29(34)25-14-7-8-19-30-25/h1-19,27-28,32-33H. The van der Waals surface area contributed by atoms with Crippen molar-refractivity contribution in [2.24, 2.45) is 0 Å². The summed E-state index contributed by atoms with van der Waals surface area (Å²) in [6.07, 6.45) is 0.834. The van der Waals surface area contributed by atoms with E-state index in [0.717, 1.165) is 22.5 Å². The van der Waals surface area contributed by atoms with Crippen molar-refractivity contribution < 1.29 is 9.90 Å². The number of aliphatic hydroxyl groups is 1. The Labute approximate surface area is 197 Å². The van der Waals surface area contributed by atoms with Crippen molar-refractivity contribution in [3.05, 3.63) is 144 Å². The number of H-pyrrole nitrogens is 1. The molecular formula is C29H23N3O2. The Morgan fingerprint density at radius 3 is 2.15 bits per heavy atom. The lowest BCUT2D eigenvalue weighted by molar-refractivity contribution is 0.103. The maximum Gasteiger partial charge on any atom is 0.227 e. The van der Waals surface area contributed by atoms with Gasteiger partial charge in [-0.15, -0.1) is 0 Å². The molecule has 0 amide bonds. The second kappa shape index (κ2) is 9.65. The molecule has 2 atom stereocenters. The summed E-state index contributed by atoms with van der Waals surface area (Å²) in [5.74, 6) is -0.530. The van der Waals surface area contributed by atoms with Gasteiger partial charge in [-0.3, -0.25) is 14.8 Å². The zero-order valence-corrected chi connectivity index (χ0v) is 18.4. The van der Waals surface area contributed by atoms with Crippen LogP contribution in [0, 0.1) is 0 Å². The second-order valence-corrected chi connectivity index (χ2v) is 8.02. The number of pyridine rings is 2. The summed E-state index contributed by atoms with van der Waals surface area (Å²) in [6, 6.07) is 34.1. The third-order valence-corrected chi connectivity index (χ3v) is 5.81. The number of rotatable bonds is 7. The van der Waals surface area contributed by atoms with Crippen LogP contribution in [0.1, 0.15) is 45.0 Å². The zero-order valence-electron chi connectivity index (χ0n) is 18.4. The first-order valence-corrected chi connectivity index (χ1v) is 11.1. The van der Waals surface area contributed by atoms with E-state index in [0.29, 0.717) is 17.1 Å². The summed E-state index contributed by atoms with van der Waals surface area (Å²) < 4.78 is 0. The van der Waals surface area contributed by atoms with E-state index in [1.165, 1.54) is 0 Å². The summed E-state index contributed by atoms with van der Waals surface area (Å²) >= 11 is 0. The van der Waals surface area contributed by atoms with Crippen molar-refractivity contribution in [1.82, 2.24) is 15.0 Å². The first-order chi connectivity index (χ1) is 16.7. The summed E-state index contributed by atoms with van der Waals surface area (Å²) in [5, 5.41) is 11.4. The highest BCUT2D eigenvalue weighted by molar-refractivity contribution is 6.06. The molecule has 5 heteroatoms. The quantitative estimate of drug-likeness (QED) is 0.321. The molecule has 2 unspecified atom stereocenters. The lowest BCUT2D eigenvalue weighted by atomic mass is 9.86.